The first-order valence-corrected chi connectivity index (χ1v) is 8.16. The van der Waals surface area contributed by atoms with Crippen molar-refractivity contribution in [3.05, 3.63) is 0 Å². The highest BCUT2D eigenvalue weighted by atomic mass is 16.6. The maximum Gasteiger partial charge on any atom is 0.417 e. The molecular formula is C16H27NO3. The van der Waals surface area contributed by atoms with Crippen LogP contribution in [0.4, 0.5) is 4.79 Å². The van der Waals surface area contributed by atoms with Gasteiger partial charge in [-0.25, -0.2) is 9.69 Å². The highest BCUT2D eigenvalue weighted by molar-refractivity contribution is 5.93. The molecule has 114 valence electrons. The summed E-state index contributed by atoms with van der Waals surface area (Å²) in [5, 5.41) is 0. The molecule has 1 aliphatic heterocycles. The maximum atomic E-state index is 12.3. The summed E-state index contributed by atoms with van der Waals surface area (Å²) >= 11 is 0. The van der Waals surface area contributed by atoms with Gasteiger partial charge in [0.25, 0.3) is 0 Å². The van der Waals surface area contributed by atoms with Crippen LogP contribution in [0.25, 0.3) is 0 Å². The van der Waals surface area contributed by atoms with Crippen LogP contribution in [0.1, 0.15) is 71.6 Å². The molecular weight excluding hydrogens is 254 g/mol. The lowest BCUT2D eigenvalue weighted by Crippen LogP contribution is -2.46. The van der Waals surface area contributed by atoms with Crippen LogP contribution in [-0.2, 0) is 9.53 Å². The molecule has 2 fully saturated rings. The average Bonchev–Trinajstić information content (AvgIpc) is 2.92. The normalized spacial score (nSPS) is 21.3. The Bertz CT molecular complexity index is 357. The van der Waals surface area contributed by atoms with Gasteiger partial charge in [-0.05, 0) is 38.0 Å². The van der Waals surface area contributed by atoms with Crippen molar-refractivity contribution in [2.75, 3.05) is 6.54 Å². The Kier molecular flexibility index (Phi) is 5.06. The number of ether oxygens (including phenoxy) is 1. The zero-order valence-electron chi connectivity index (χ0n) is 12.8. The van der Waals surface area contributed by atoms with E-state index in [0.29, 0.717) is 18.9 Å². The van der Waals surface area contributed by atoms with Gasteiger partial charge in [-0.1, -0.05) is 33.1 Å². The van der Waals surface area contributed by atoms with Gasteiger partial charge in [-0.2, -0.15) is 0 Å². The first-order chi connectivity index (χ1) is 9.63. The molecule has 0 spiro atoms. The molecule has 0 aromatic rings. The van der Waals surface area contributed by atoms with Crippen LogP contribution < -0.4 is 0 Å². The molecule has 1 saturated heterocycles. The first-order valence-electron chi connectivity index (χ1n) is 8.16. The Morgan fingerprint density at radius 3 is 2.35 bits per heavy atom. The number of hydrogen-bond donors (Lipinski definition) is 0. The Labute approximate surface area is 121 Å². The molecule has 1 saturated carbocycles. The summed E-state index contributed by atoms with van der Waals surface area (Å²) in [6.07, 6.45) is 8.53. The van der Waals surface area contributed by atoms with E-state index < -0.39 is 6.09 Å². The van der Waals surface area contributed by atoms with Crippen molar-refractivity contribution in [3.8, 4) is 0 Å². The Morgan fingerprint density at radius 2 is 1.85 bits per heavy atom. The second-order valence-corrected chi connectivity index (χ2v) is 6.12. The number of rotatable bonds is 4. The lowest BCUT2D eigenvalue weighted by Gasteiger charge is -2.41. The van der Waals surface area contributed by atoms with Crippen molar-refractivity contribution < 1.29 is 14.3 Å². The van der Waals surface area contributed by atoms with Crippen LogP contribution in [-0.4, -0.2) is 29.0 Å². The molecule has 0 radical (unpaired) electrons. The molecule has 2 rings (SSSR count). The number of carbonyl (C=O) groups excluding carboxylic acids is 2. The number of amides is 2. The summed E-state index contributed by atoms with van der Waals surface area (Å²) in [6, 6.07) is 0. The van der Waals surface area contributed by atoms with Gasteiger partial charge in [0.2, 0.25) is 5.91 Å². The van der Waals surface area contributed by atoms with Crippen LogP contribution in [0.5, 0.6) is 0 Å². The third kappa shape index (κ3) is 2.99. The number of likely N-dealkylation sites (tertiary alicyclic amines) is 1. The Hall–Kier alpha value is -1.06. The Balaban J connectivity index is 2.07. The summed E-state index contributed by atoms with van der Waals surface area (Å²) in [4.78, 5) is 25.3. The van der Waals surface area contributed by atoms with Crippen molar-refractivity contribution >= 4 is 12.0 Å². The van der Waals surface area contributed by atoms with Crippen LogP contribution in [0.2, 0.25) is 0 Å². The van der Waals surface area contributed by atoms with Gasteiger partial charge in [0, 0.05) is 13.0 Å². The predicted octanol–water partition coefficient (Wildman–Crippen LogP) is 3.88. The minimum Gasteiger partial charge on any atom is -0.442 e. The molecule has 2 amide bonds. The summed E-state index contributed by atoms with van der Waals surface area (Å²) in [7, 11) is 0. The predicted molar refractivity (Wildman–Crippen MR) is 77.3 cm³/mol. The van der Waals surface area contributed by atoms with Gasteiger partial charge in [-0.3, -0.25) is 4.79 Å². The van der Waals surface area contributed by atoms with Crippen molar-refractivity contribution in [2.45, 2.75) is 77.2 Å². The second kappa shape index (κ2) is 6.59. The summed E-state index contributed by atoms with van der Waals surface area (Å²) in [5.41, 5.74) is -0.375. The number of nitrogens with zero attached hydrogens (tertiary/aromatic N) is 1. The molecule has 1 aliphatic carbocycles. The number of hydrogen-bond acceptors (Lipinski definition) is 3. The first kappa shape index (κ1) is 15.3. The second-order valence-electron chi connectivity index (χ2n) is 6.12. The summed E-state index contributed by atoms with van der Waals surface area (Å²) in [6.45, 7) is 4.71. The van der Waals surface area contributed by atoms with Crippen LogP contribution in [0.15, 0.2) is 0 Å². The lowest BCUT2D eigenvalue weighted by atomic mass is 9.74. The van der Waals surface area contributed by atoms with E-state index >= 15 is 0 Å². The Morgan fingerprint density at radius 1 is 1.20 bits per heavy atom. The quantitative estimate of drug-likeness (QED) is 0.785. The van der Waals surface area contributed by atoms with E-state index in [4.69, 9.17) is 4.74 Å². The lowest BCUT2D eigenvalue weighted by molar-refractivity contribution is -0.128. The molecule has 4 heteroatoms. The summed E-state index contributed by atoms with van der Waals surface area (Å²) < 4.78 is 5.90. The number of carbonyl (C=O) groups is 2. The largest absolute Gasteiger partial charge is 0.442 e. The molecule has 0 aromatic heterocycles. The fourth-order valence-corrected chi connectivity index (χ4v) is 3.75. The van der Waals surface area contributed by atoms with Crippen LogP contribution in [0.3, 0.4) is 0 Å². The van der Waals surface area contributed by atoms with Crippen molar-refractivity contribution in [3.63, 3.8) is 0 Å². The molecule has 0 N–H and O–H groups in total. The smallest absolute Gasteiger partial charge is 0.417 e. The minimum absolute atomic E-state index is 0.0836. The topological polar surface area (TPSA) is 46.6 Å². The van der Waals surface area contributed by atoms with Gasteiger partial charge < -0.3 is 4.74 Å². The monoisotopic (exact) mass is 281 g/mol. The van der Waals surface area contributed by atoms with E-state index in [0.717, 1.165) is 32.1 Å². The van der Waals surface area contributed by atoms with Crippen molar-refractivity contribution in [1.29, 1.82) is 0 Å². The van der Waals surface area contributed by atoms with Gasteiger partial charge >= 0.3 is 6.09 Å². The standard InChI is InChI=1S/C16H27NO3/c1-3-16(4-2,13-9-6-5-7-10-13)20-15(19)17-12-8-11-14(17)18/h13H,3-12H2,1-2H3. The van der Waals surface area contributed by atoms with Gasteiger partial charge in [0.05, 0.1) is 0 Å². The van der Waals surface area contributed by atoms with Gasteiger partial charge in [0.1, 0.15) is 5.60 Å². The molecule has 0 atom stereocenters. The van der Waals surface area contributed by atoms with E-state index in [9.17, 15) is 9.59 Å². The fourth-order valence-electron chi connectivity index (χ4n) is 3.75. The molecule has 0 bridgehead atoms. The van der Waals surface area contributed by atoms with Gasteiger partial charge in [0.15, 0.2) is 0 Å². The molecule has 20 heavy (non-hydrogen) atoms. The SMILES string of the molecule is CCC(CC)(OC(=O)N1CCCC1=O)C1CCCCC1. The third-order valence-corrected chi connectivity index (χ3v) is 5.13. The highest BCUT2D eigenvalue weighted by Crippen LogP contribution is 2.40. The van der Waals surface area contributed by atoms with E-state index in [2.05, 4.69) is 13.8 Å². The van der Waals surface area contributed by atoms with E-state index in [-0.39, 0.29) is 11.5 Å². The zero-order valence-corrected chi connectivity index (χ0v) is 12.8. The molecule has 1 heterocycles. The third-order valence-electron chi connectivity index (χ3n) is 5.13. The van der Waals surface area contributed by atoms with E-state index in [1.54, 1.807) is 0 Å². The van der Waals surface area contributed by atoms with E-state index in [1.807, 2.05) is 0 Å². The fraction of sp³-hybridized carbons (Fsp3) is 0.875. The molecule has 2 aliphatic rings. The number of imide groups is 1. The zero-order chi connectivity index (χ0) is 14.6. The maximum absolute atomic E-state index is 12.3. The summed E-state index contributed by atoms with van der Waals surface area (Å²) in [5.74, 6) is 0.368. The van der Waals surface area contributed by atoms with Crippen molar-refractivity contribution in [2.24, 2.45) is 5.92 Å². The van der Waals surface area contributed by atoms with Gasteiger partial charge in [-0.15, -0.1) is 0 Å². The van der Waals surface area contributed by atoms with Crippen molar-refractivity contribution in [1.82, 2.24) is 4.90 Å². The van der Waals surface area contributed by atoms with E-state index in [1.165, 1.54) is 24.2 Å². The molecule has 4 nitrogen and oxygen atoms in total. The highest BCUT2D eigenvalue weighted by Gasteiger charge is 2.42. The van der Waals surface area contributed by atoms with Crippen LogP contribution in [0, 0.1) is 5.92 Å². The van der Waals surface area contributed by atoms with Crippen LogP contribution >= 0.6 is 0 Å². The minimum atomic E-state index is -0.415. The molecule has 0 unspecified atom stereocenters. The molecule has 0 aromatic carbocycles. The average molecular weight is 281 g/mol.